The number of nitrogens with zero attached hydrogens (tertiary/aromatic N) is 3. The Kier molecular flexibility index (Phi) is 10.3. The van der Waals surface area contributed by atoms with Crippen molar-refractivity contribution < 1.29 is 26.9 Å². The van der Waals surface area contributed by atoms with Gasteiger partial charge in [-0.3, -0.25) is 14.9 Å². The van der Waals surface area contributed by atoms with E-state index < -0.39 is 37.1 Å². The minimum atomic E-state index is -4.54. The minimum Gasteiger partial charge on any atom is -0.365 e. The zero-order valence-corrected chi connectivity index (χ0v) is 23.9. The topological polar surface area (TPSA) is 113 Å². The van der Waals surface area contributed by atoms with E-state index in [4.69, 9.17) is 0 Å². The molecule has 1 saturated carbocycles. The number of nitro groups is 1. The lowest BCUT2D eigenvalue weighted by Crippen LogP contribution is -2.46. The van der Waals surface area contributed by atoms with Gasteiger partial charge in [-0.1, -0.05) is 6.42 Å². The molecule has 2 aromatic rings. The molecule has 1 amide bonds. The number of carbonyl (C=O) groups is 1. The molecule has 0 radical (unpaired) electrons. The van der Waals surface area contributed by atoms with Crippen molar-refractivity contribution in [3.8, 4) is 0 Å². The molecular formula is C26H34F2N4O5S2. The monoisotopic (exact) mass is 584 g/mol. The number of hydrogen-bond acceptors (Lipinski definition) is 8. The number of nitrogens with one attached hydrogen (secondary N) is 1. The van der Waals surface area contributed by atoms with Crippen LogP contribution in [0.3, 0.4) is 0 Å². The number of amides is 1. The Morgan fingerprint density at radius 2 is 1.77 bits per heavy atom. The number of carbonyl (C=O) groups excluding carboxylic acids is 1. The second kappa shape index (κ2) is 13.1. The molecular weight excluding hydrogens is 550 g/mol. The lowest BCUT2D eigenvalue weighted by atomic mass is 9.86. The van der Waals surface area contributed by atoms with Gasteiger partial charge in [0, 0.05) is 29.8 Å². The quantitative estimate of drug-likeness (QED) is 0.216. The van der Waals surface area contributed by atoms with Gasteiger partial charge in [0.05, 0.1) is 9.82 Å². The molecule has 1 N–H and O–H groups in total. The van der Waals surface area contributed by atoms with Crippen molar-refractivity contribution in [1.29, 1.82) is 0 Å². The van der Waals surface area contributed by atoms with Crippen LogP contribution in [-0.4, -0.2) is 69.3 Å². The molecule has 1 aliphatic rings. The predicted molar refractivity (Wildman–Crippen MR) is 148 cm³/mol. The van der Waals surface area contributed by atoms with Crippen LogP contribution >= 0.6 is 11.8 Å². The van der Waals surface area contributed by atoms with E-state index in [2.05, 4.69) is 0 Å². The average Bonchev–Trinajstić information content (AvgIpc) is 2.89. The molecule has 0 saturated heterocycles. The molecule has 39 heavy (non-hydrogen) atoms. The Morgan fingerprint density at radius 3 is 2.36 bits per heavy atom. The van der Waals surface area contributed by atoms with Gasteiger partial charge >= 0.3 is 0 Å². The van der Waals surface area contributed by atoms with Crippen LogP contribution in [0.1, 0.15) is 38.5 Å². The van der Waals surface area contributed by atoms with Gasteiger partial charge in [0.15, 0.2) is 5.67 Å². The number of thioether (sulfide) groups is 1. The zero-order chi connectivity index (χ0) is 28.8. The highest BCUT2D eigenvalue weighted by molar-refractivity contribution is 7.99. The molecule has 1 aliphatic carbocycles. The van der Waals surface area contributed by atoms with E-state index in [0.717, 1.165) is 17.4 Å². The second-order valence-electron chi connectivity index (χ2n) is 9.99. The summed E-state index contributed by atoms with van der Waals surface area (Å²) in [7, 11) is 0.978. The van der Waals surface area contributed by atoms with Crippen LogP contribution in [0.5, 0.6) is 0 Å². The number of hydrogen-bond donors (Lipinski definition) is 1. The lowest BCUT2D eigenvalue weighted by Gasteiger charge is -2.31. The van der Waals surface area contributed by atoms with E-state index in [9.17, 15) is 27.7 Å². The van der Waals surface area contributed by atoms with E-state index in [1.807, 2.05) is 19.0 Å². The Hall–Kier alpha value is -2.77. The van der Waals surface area contributed by atoms with E-state index in [1.54, 1.807) is 28.8 Å². The number of halogens is 2. The zero-order valence-electron chi connectivity index (χ0n) is 22.2. The van der Waals surface area contributed by atoms with Gasteiger partial charge in [0.25, 0.3) is 21.6 Å². The molecule has 0 heterocycles. The van der Waals surface area contributed by atoms with Gasteiger partial charge in [0.1, 0.15) is 11.5 Å². The first-order chi connectivity index (χ1) is 18.3. The Bertz CT molecular complexity index is 1270. The molecule has 3 rings (SSSR count). The standard InChI is InChI=1S/C26H34F2N4O5S2/c1-30(2)16-13-20(18-38-21-9-7-19(27)8-10-21)31(3)23-12-11-22(17-24(23)32(34)35)39(36,37)29-25(33)26(28)14-5-4-6-15-26/h7-12,17,20H,4-6,13-16,18H2,1-3H3,(H,29,33)/t20-/m1/s1. The van der Waals surface area contributed by atoms with Gasteiger partial charge in [0.2, 0.25) is 0 Å². The first kappa shape index (κ1) is 30.8. The number of alkyl halides is 1. The van der Waals surface area contributed by atoms with Gasteiger partial charge in [-0.2, -0.15) is 0 Å². The van der Waals surface area contributed by atoms with Gasteiger partial charge in [-0.05, 0) is 89.1 Å². The van der Waals surface area contributed by atoms with Crippen molar-refractivity contribution >= 4 is 39.1 Å². The maximum absolute atomic E-state index is 15.0. The number of anilines is 1. The molecule has 0 unspecified atom stereocenters. The van der Waals surface area contributed by atoms with Crippen LogP contribution in [0.2, 0.25) is 0 Å². The smallest absolute Gasteiger partial charge is 0.293 e. The van der Waals surface area contributed by atoms with Crippen molar-refractivity contribution in [2.24, 2.45) is 0 Å². The molecule has 9 nitrogen and oxygen atoms in total. The third-order valence-electron chi connectivity index (χ3n) is 6.83. The summed E-state index contributed by atoms with van der Waals surface area (Å²) in [5.74, 6) is -1.06. The second-order valence-corrected chi connectivity index (χ2v) is 12.8. The maximum Gasteiger partial charge on any atom is 0.293 e. The minimum absolute atomic E-state index is 0.0670. The van der Waals surface area contributed by atoms with E-state index in [-0.39, 0.29) is 30.4 Å². The normalized spacial score (nSPS) is 16.1. The predicted octanol–water partition coefficient (Wildman–Crippen LogP) is 4.76. The maximum atomic E-state index is 15.0. The van der Waals surface area contributed by atoms with Crippen molar-refractivity contribution in [3.63, 3.8) is 0 Å². The third kappa shape index (κ3) is 8.12. The van der Waals surface area contributed by atoms with Gasteiger partial charge in [-0.15, -0.1) is 11.8 Å². The fourth-order valence-electron chi connectivity index (χ4n) is 4.44. The molecule has 0 spiro atoms. The SMILES string of the molecule is CN(C)CC[C@H](CSc1ccc(F)cc1)N(C)c1ccc(S(=O)(=O)NC(=O)C2(F)CCCCC2)cc1[N+](=O)[O-]. The molecule has 0 aromatic heterocycles. The van der Waals surface area contributed by atoms with Gasteiger partial charge in [-0.25, -0.2) is 21.9 Å². The highest BCUT2D eigenvalue weighted by atomic mass is 32.2. The van der Waals surface area contributed by atoms with Crippen LogP contribution in [0.4, 0.5) is 20.2 Å². The summed E-state index contributed by atoms with van der Waals surface area (Å²) in [6.45, 7) is 0.691. The molecule has 0 bridgehead atoms. The van der Waals surface area contributed by atoms with Crippen LogP contribution in [-0.2, 0) is 14.8 Å². The largest absolute Gasteiger partial charge is 0.365 e. The average molecular weight is 585 g/mol. The fourth-order valence-corrected chi connectivity index (χ4v) is 6.60. The van der Waals surface area contributed by atoms with Crippen molar-refractivity contribution in [2.75, 3.05) is 38.3 Å². The first-order valence-electron chi connectivity index (χ1n) is 12.6. The molecule has 0 aliphatic heterocycles. The lowest BCUT2D eigenvalue weighted by molar-refractivity contribution is -0.384. The van der Waals surface area contributed by atoms with Crippen LogP contribution in [0.15, 0.2) is 52.3 Å². The molecule has 1 atom stereocenters. The molecule has 214 valence electrons. The molecule has 13 heteroatoms. The number of rotatable bonds is 12. The van der Waals surface area contributed by atoms with Crippen LogP contribution < -0.4 is 9.62 Å². The number of benzene rings is 2. The van der Waals surface area contributed by atoms with Crippen LogP contribution in [0.25, 0.3) is 0 Å². The number of nitro benzene ring substituents is 1. The summed E-state index contributed by atoms with van der Waals surface area (Å²) in [5.41, 5.74) is -2.54. The van der Waals surface area contributed by atoms with E-state index in [0.29, 0.717) is 31.6 Å². The third-order valence-corrected chi connectivity index (χ3v) is 9.31. The molecule has 2 aromatic carbocycles. The fraction of sp³-hybridized carbons (Fsp3) is 0.500. The number of sulfonamides is 1. The first-order valence-corrected chi connectivity index (χ1v) is 15.1. The van der Waals surface area contributed by atoms with Crippen molar-refractivity contribution in [1.82, 2.24) is 9.62 Å². The summed E-state index contributed by atoms with van der Waals surface area (Å²) < 4.78 is 55.9. The Labute approximate surface area is 232 Å². The summed E-state index contributed by atoms with van der Waals surface area (Å²) in [6, 6.07) is 9.25. The summed E-state index contributed by atoms with van der Waals surface area (Å²) in [4.78, 5) is 27.9. The van der Waals surface area contributed by atoms with E-state index in [1.165, 1.54) is 36.0 Å². The Balaban J connectivity index is 1.85. The van der Waals surface area contributed by atoms with E-state index >= 15 is 4.39 Å². The van der Waals surface area contributed by atoms with Crippen molar-refractivity contribution in [3.05, 3.63) is 58.4 Å². The highest BCUT2D eigenvalue weighted by Crippen LogP contribution is 2.35. The Morgan fingerprint density at radius 1 is 1.13 bits per heavy atom. The summed E-state index contributed by atoms with van der Waals surface area (Å²) in [5, 5.41) is 12.0. The van der Waals surface area contributed by atoms with Crippen molar-refractivity contribution in [2.45, 2.75) is 60.0 Å². The summed E-state index contributed by atoms with van der Waals surface area (Å²) in [6.07, 6.45) is 2.23. The summed E-state index contributed by atoms with van der Waals surface area (Å²) >= 11 is 1.48. The highest BCUT2D eigenvalue weighted by Gasteiger charge is 2.42. The van der Waals surface area contributed by atoms with Gasteiger partial charge < -0.3 is 9.80 Å². The van der Waals surface area contributed by atoms with Crippen LogP contribution in [0, 0.1) is 15.9 Å². The molecule has 1 fully saturated rings.